The van der Waals surface area contributed by atoms with Crippen molar-refractivity contribution >= 4 is 5.97 Å². The first-order chi connectivity index (χ1) is 6.13. The number of hydrogen-bond acceptors (Lipinski definition) is 3. The van der Waals surface area contributed by atoms with E-state index in [9.17, 15) is 4.79 Å². The Labute approximate surface area is 76.0 Å². The summed E-state index contributed by atoms with van der Waals surface area (Å²) in [7, 11) is 0. The van der Waals surface area contributed by atoms with Gasteiger partial charge in [0, 0.05) is 12.8 Å². The minimum Gasteiger partial charge on any atom is -0.481 e. The second-order valence-corrected chi connectivity index (χ2v) is 3.83. The molecule has 1 unspecified atom stereocenters. The highest BCUT2D eigenvalue weighted by atomic mass is 16.4. The van der Waals surface area contributed by atoms with Gasteiger partial charge >= 0.3 is 5.97 Å². The lowest BCUT2D eigenvalue weighted by Crippen LogP contribution is -2.28. The average molecular weight is 178 g/mol. The summed E-state index contributed by atoms with van der Waals surface area (Å²) >= 11 is 0. The zero-order valence-electron chi connectivity index (χ0n) is 7.16. The predicted octanol–water partition coefficient (Wildman–Crippen LogP) is 1.43. The van der Waals surface area contributed by atoms with Gasteiger partial charge < -0.3 is 5.11 Å². The van der Waals surface area contributed by atoms with Crippen LogP contribution in [0, 0.1) is 17.8 Å². The number of rotatable bonds is 2. The van der Waals surface area contributed by atoms with Crippen LogP contribution in [0.25, 0.3) is 0 Å². The Morgan fingerprint density at radius 2 is 2.23 bits per heavy atom. The zero-order valence-corrected chi connectivity index (χ0v) is 7.16. The Bertz CT molecular complexity index is 323. The molecule has 0 aromatic heterocycles. The zero-order chi connectivity index (χ0) is 9.53. The number of terminal acetylenes is 1. The number of carbonyl (C=O) groups is 1. The van der Waals surface area contributed by atoms with Crippen LogP contribution in [-0.2, 0) is 4.79 Å². The molecule has 0 radical (unpaired) electrons. The van der Waals surface area contributed by atoms with Crippen molar-refractivity contribution in [3.63, 3.8) is 0 Å². The van der Waals surface area contributed by atoms with Crippen LogP contribution in [0.2, 0.25) is 0 Å². The summed E-state index contributed by atoms with van der Waals surface area (Å²) in [5.74, 6) is 1.63. The molecule has 0 amide bonds. The molecule has 4 nitrogen and oxygen atoms in total. The molecule has 0 aromatic rings. The summed E-state index contributed by atoms with van der Waals surface area (Å²) in [5.41, 5.74) is -1.13. The van der Waals surface area contributed by atoms with Gasteiger partial charge in [-0.2, -0.15) is 10.2 Å². The second-order valence-electron chi connectivity index (χ2n) is 3.83. The van der Waals surface area contributed by atoms with Crippen molar-refractivity contribution in [2.45, 2.75) is 31.3 Å². The second kappa shape index (κ2) is 2.32. The molecule has 1 aliphatic carbocycles. The molecule has 0 aromatic carbocycles. The van der Waals surface area contributed by atoms with Gasteiger partial charge in [-0.3, -0.25) is 4.79 Å². The lowest BCUT2D eigenvalue weighted by molar-refractivity contribution is -0.148. The first-order valence-corrected chi connectivity index (χ1v) is 4.23. The minimum atomic E-state index is -0.806. The van der Waals surface area contributed by atoms with E-state index in [-0.39, 0.29) is 12.1 Å². The lowest BCUT2D eigenvalue weighted by Gasteiger charge is -2.20. The lowest BCUT2D eigenvalue weighted by atomic mass is 9.82. The van der Waals surface area contributed by atoms with Crippen molar-refractivity contribution in [2.75, 3.05) is 0 Å². The number of hydrogen-bond donors (Lipinski definition) is 1. The smallest absolute Gasteiger partial charge is 0.310 e. The molecule has 1 N–H and O–H groups in total. The van der Waals surface area contributed by atoms with Crippen molar-refractivity contribution in [2.24, 2.45) is 15.6 Å². The molecule has 1 atom stereocenters. The van der Waals surface area contributed by atoms with E-state index >= 15 is 0 Å². The fourth-order valence-corrected chi connectivity index (χ4v) is 2.00. The number of aliphatic carboxylic acids is 1. The topological polar surface area (TPSA) is 62.0 Å². The van der Waals surface area contributed by atoms with Crippen molar-refractivity contribution in [1.29, 1.82) is 0 Å². The van der Waals surface area contributed by atoms with E-state index in [2.05, 4.69) is 16.1 Å². The Balaban J connectivity index is 2.17. The van der Waals surface area contributed by atoms with Crippen LogP contribution in [0.4, 0.5) is 0 Å². The summed E-state index contributed by atoms with van der Waals surface area (Å²) in [6.45, 7) is 0. The highest BCUT2D eigenvalue weighted by molar-refractivity contribution is 5.76. The quantitative estimate of drug-likeness (QED) is 0.650. The van der Waals surface area contributed by atoms with Gasteiger partial charge in [0.15, 0.2) is 5.66 Å². The van der Waals surface area contributed by atoms with Gasteiger partial charge in [-0.25, -0.2) is 0 Å². The van der Waals surface area contributed by atoms with Crippen molar-refractivity contribution in [3.05, 3.63) is 0 Å². The van der Waals surface area contributed by atoms with E-state index in [0.717, 1.165) is 6.42 Å². The molecule has 1 fully saturated rings. The van der Waals surface area contributed by atoms with E-state index in [4.69, 9.17) is 11.5 Å². The summed E-state index contributed by atoms with van der Waals surface area (Å²) in [6.07, 6.45) is 7.27. The third-order valence-corrected chi connectivity index (χ3v) is 2.90. The van der Waals surface area contributed by atoms with Gasteiger partial charge in [0.05, 0.1) is 5.41 Å². The predicted molar refractivity (Wildman–Crippen MR) is 45.0 cm³/mol. The molecule has 1 aliphatic heterocycles. The molecule has 1 spiro atoms. The van der Waals surface area contributed by atoms with Crippen molar-refractivity contribution < 1.29 is 9.90 Å². The average Bonchev–Trinajstić information content (AvgIpc) is 2.69. The minimum absolute atomic E-state index is 0.287. The van der Waals surface area contributed by atoms with Crippen LogP contribution in [0.1, 0.15) is 25.7 Å². The first kappa shape index (κ1) is 8.24. The van der Waals surface area contributed by atoms with Crippen LogP contribution < -0.4 is 0 Å². The largest absolute Gasteiger partial charge is 0.481 e. The van der Waals surface area contributed by atoms with Gasteiger partial charge in [-0.1, -0.05) is 0 Å². The highest BCUT2D eigenvalue weighted by Gasteiger charge is 2.57. The van der Waals surface area contributed by atoms with Gasteiger partial charge in [-0.05, 0) is 12.8 Å². The van der Waals surface area contributed by atoms with E-state index in [1.807, 2.05) is 0 Å². The summed E-state index contributed by atoms with van der Waals surface area (Å²) in [4.78, 5) is 11.1. The number of carboxylic acid groups (broad SMARTS) is 1. The van der Waals surface area contributed by atoms with Crippen molar-refractivity contribution in [1.82, 2.24) is 0 Å². The van der Waals surface area contributed by atoms with Crippen LogP contribution in [0.5, 0.6) is 0 Å². The van der Waals surface area contributed by atoms with E-state index in [0.29, 0.717) is 12.8 Å². The molecule has 2 rings (SSSR count). The Morgan fingerprint density at radius 1 is 1.54 bits per heavy atom. The maximum Gasteiger partial charge on any atom is 0.310 e. The van der Waals surface area contributed by atoms with Gasteiger partial charge in [0.25, 0.3) is 0 Å². The maximum absolute atomic E-state index is 11.1. The van der Waals surface area contributed by atoms with Crippen LogP contribution in [0.3, 0.4) is 0 Å². The molecule has 0 saturated heterocycles. The Morgan fingerprint density at radius 3 is 2.62 bits per heavy atom. The Kier molecular flexibility index (Phi) is 1.47. The highest BCUT2D eigenvalue weighted by Crippen LogP contribution is 2.54. The van der Waals surface area contributed by atoms with Gasteiger partial charge in [0.1, 0.15) is 0 Å². The monoisotopic (exact) mass is 178 g/mol. The third kappa shape index (κ3) is 1.12. The SMILES string of the molecule is C#CCC1(C(=O)O)CCC2(C1)N=N2. The molecule has 4 heteroatoms. The normalized spacial score (nSPS) is 33.2. The number of carboxylic acids is 1. The molecular formula is C9H10N2O2. The summed E-state index contributed by atoms with van der Waals surface area (Å²) < 4.78 is 0. The third-order valence-electron chi connectivity index (χ3n) is 2.90. The molecule has 13 heavy (non-hydrogen) atoms. The van der Waals surface area contributed by atoms with Crippen LogP contribution in [0.15, 0.2) is 10.2 Å². The molecule has 0 bridgehead atoms. The van der Waals surface area contributed by atoms with E-state index < -0.39 is 11.4 Å². The van der Waals surface area contributed by atoms with Crippen LogP contribution >= 0.6 is 0 Å². The van der Waals surface area contributed by atoms with Gasteiger partial charge in [-0.15, -0.1) is 12.3 Å². The van der Waals surface area contributed by atoms with E-state index in [1.54, 1.807) is 0 Å². The van der Waals surface area contributed by atoms with Gasteiger partial charge in [0.2, 0.25) is 0 Å². The molecule has 1 heterocycles. The van der Waals surface area contributed by atoms with Crippen molar-refractivity contribution in [3.8, 4) is 12.3 Å². The molecule has 1 saturated carbocycles. The number of nitrogens with zero attached hydrogens (tertiary/aromatic N) is 2. The fraction of sp³-hybridized carbons (Fsp3) is 0.667. The standard InChI is InChI=1S/C9H10N2O2/c1-2-3-8(7(12)13)4-5-9(6-8)10-11-9/h1H,3-6H2,(H,12,13). The maximum atomic E-state index is 11.1. The molecule has 68 valence electrons. The first-order valence-electron chi connectivity index (χ1n) is 4.23. The fourth-order valence-electron chi connectivity index (χ4n) is 2.00. The molecular weight excluding hydrogens is 168 g/mol. The summed E-state index contributed by atoms with van der Waals surface area (Å²) in [6, 6.07) is 0. The summed E-state index contributed by atoms with van der Waals surface area (Å²) in [5, 5.41) is 16.8. The van der Waals surface area contributed by atoms with E-state index in [1.165, 1.54) is 0 Å². The molecule has 2 aliphatic rings. The van der Waals surface area contributed by atoms with Crippen LogP contribution in [-0.4, -0.2) is 16.7 Å². The Hall–Kier alpha value is -1.37.